The Morgan fingerprint density at radius 1 is 1.17 bits per heavy atom. The number of hydrogen-bond donors (Lipinski definition) is 2. The van der Waals surface area contributed by atoms with Crippen molar-refractivity contribution in [3.63, 3.8) is 0 Å². The maximum atomic E-state index is 13.2. The molecular weight excluding hydrogens is 475 g/mol. The number of nitro groups is 1. The average Bonchev–Trinajstić information content (AvgIpc) is 3.17. The zero-order chi connectivity index (χ0) is 25.7. The van der Waals surface area contributed by atoms with Gasteiger partial charge in [0.1, 0.15) is 5.82 Å². The molecule has 3 aromatic rings. The molecule has 0 aliphatic carbocycles. The lowest BCUT2D eigenvalue weighted by molar-refractivity contribution is -0.384. The summed E-state index contributed by atoms with van der Waals surface area (Å²) in [6.45, 7) is 5.53. The van der Waals surface area contributed by atoms with E-state index in [2.05, 4.69) is 20.8 Å². The normalized spacial score (nSPS) is 11.8. The van der Waals surface area contributed by atoms with E-state index >= 15 is 0 Å². The average molecular weight is 501 g/mol. The van der Waals surface area contributed by atoms with Crippen molar-refractivity contribution in [2.75, 3.05) is 11.1 Å². The number of rotatable bonds is 9. The fourth-order valence-electron chi connectivity index (χ4n) is 3.30. The predicted octanol–water partition coefficient (Wildman–Crippen LogP) is 4.03. The van der Waals surface area contributed by atoms with E-state index in [4.69, 9.17) is 0 Å². The number of nitro benzene ring substituents is 1. The van der Waals surface area contributed by atoms with E-state index in [1.807, 2.05) is 13.8 Å². The van der Waals surface area contributed by atoms with Crippen LogP contribution in [0, 0.1) is 28.8 Å². The number of aryl methyl sites for hydroxylation is 1. The van der Waals surface area contributed by atoms with Gasteiger partial charge in [-0.2, -0.15) is 0 Å². The highest BCUT2D eigenvalue weighted by Gasteiger charge is 2.25. The number of amides is 2. The maximum Gasteiger partial charge on any atom is 0.269 e. The largest absolute Gasteiger partial charge is 0.342 e. The molecular formula is C23H25FN6O4S. The molecule has 0 spiro atoms. The number of non-ortho nitro benzene ring substituents is 1. The summed E-state index contributed by atoms with van der Waals surface area (Å²) in [5.74, 6) is -0.556. The molecule has 10 nitrogen and oxygen atoms in total. The van der Waals surface area contributed by atoms with Gasteiger partial charge >= 0.3 is 0 Å². The number of benzene rings is 2. The standard InChI is InChI=1S/C23H25FN6O4S/c1-13(2)20(26-22(32)15-5-7-16(24)8-6-15)21-27-28-23(29(21)4)35-12-19(31)25-18-10-9-17(30(33)34)11-14(18)3/h5-11,13,20H,12H2,1-4H3,(H,25,31)(H,26,32). The van der Waals surface area contributed by atoms with Crippen LogP contribution in [0.25, 0.3) is 0 Å². The van der Waals surface area contributed by atoms with Crippen molar-refractivity contribution < 1.29 is 18.9 Å². The Labute approximate surface area is 205 Å². The molecule has 2 N–H and O–H groups in total. The molecule has 2 amide bonds. The fraction of sp³-hybridized carbons (Fsp3) is 0.304. The topological polar surface area (TPSA) is 132 Å². The molecule has 184 valence electrons. The predicted molar refractivity (Wildman–Crippen MR) is 130 cm³/mol. The molecule has 1 atom stereocenters. The molecule has 0 radical (unpaired) electrons. The van der Waals surface area contributed by atoms with Gasteiger partial charge in [0.2, 0.25) is 5.91 Å². The highest BCUT2D eigenvalue weighted by molar-refractivity contribution is 7.99. The summed E-state index contributed by atoms with van der Waals surface area (Å²) in [6, 6.07) is 9.01. The second-order valence-corrected chi connectivity index (χ2v) is 9.14. The van der Waals surface area contributed by atoms with E-state index in [-0.39, 0.29) is 29.2 Å². The van der Waals surface area contributed by atoms with Crippen LogP contribution in [0.1, 0.15) is 41.6 Å². The van der Waals surface area contributed by atoms with E-state index in [9.17, 15) is 24.1 Å². The van der Waals surface area contributed by atoms with Gasteiger partial charge in [0, 0.05) is 30.4 Å². The van der Waals surface area contributed by atoms with E-state index in [0.29, 0.717) is 27.8 Å². The number of aromatic nitrogens is 3. The monoisotopic (exact) mass is 500 g/mol. The molecule has 0 aliphatic heterocycles. The summed E-state index contributed by atoms with van der Waals surface area (Å²) < 4.78 is 14.9. The zero-order valence-electron chi connectivity index (χ0n) is 19.6. The highest BCUT2D eigenvalue weighted by atomic mass is 32.2. The minimum atomic E-state index is -0.493. The Morgan fingerprint density at radius 3 is 2.46 bits per heavy atom. The van der Waals surface area contributed by atoms with E-state index in [1.165, 1.54) is 54.2 Å². The quantitative estimate of drug-likeness (QED) is 0.258. The first-order valence-corrected chi connectivity index (χ1v) is 11.7. The van der Waals surface area contributed by atoms with Crippen LogP contribution in [0.15, 0.2) is 47.6 Å². The number of carbonyl (C=O) groups excluding carboxylic acids is 2. The summed E-state index contributed by atoms with van der Waals surface area (Å²) in [7, 11) is 1.75. The lowest BCUT2D eigenvalue weighted by Crippen LogP contribution is -2.33. The Balaban J connectivity index is 1.65. The Bertz CT molecular complexity index is 1250. The highest BCUT2D eigenvalue weighted by Crippen LogP contribution is 2.25. The molecule has 1 aromatic heterocycles. The van der Waals surface area contributed by atoms with Gasteiger partial charge in [-0.25, -0.2) is 4.39 Å². The molecule has 0 saturated heterocycles. The van der Waals surface area contributed by atoms with Crippen LogP contribution in [0.4, 0.5) is 15.8 Å². The first-order chi connectivity index (χ1) is 16.6. The molecule has 12 heteroatoms. The third-order valence-electron chi connectivity index (χ3n) is 5.23. The van der Waals surface area contributed by atoms with Crippen molar-refractivity contribution >= 4 is 35.0 Å². The van der Waals surface area contributed by atoms with Gasteiger partial charge in [-0.1, -0.05) is 25.6 Å². The SMILES string of the molecule is Cc1cc([N+](=O)[O-])ccc1NC(=O)CSc1nnc(C(NC(=O)c2ccc(F)cc2)C(C)C)n1C. The Morgan fingerprint density at radius 2 is 1.86 bits per heavy atom. The van der Waals surface area contributed by atoms with Gasteiger partial charge in [-0.3, -0.25) is 19.7 Å². The van der Waals surface area contributed by atoms with Crippen molar-refractivity contribution in [2.45, 2.75) is 32.0 Å². The van der Waals surface area contributed by atoms with E-state index in [1.54, 1.807) is 18.5 Å². The zero-order valence-corrected chi connectivity index (χ0v) is 20.4. The van der Waals surface area contributed by atoms with Gasteiger partial charge < -0.3 is 15.2 Å². The van der Waals surface area contributed by atoms with Crippen molar-refractivity contribution in [1.82, 2.24) is 20.1 Å². The summed E-state index contributed by atoms with van der Waals surface area (Å²) in [4.78, 5) is 35.5. The number of hydrogen-bond acceptors (Lipinski definition) is 7. The summed E-state index contributed by atoms with van der Waals surface area (Å²) in [5.41, 5.74) is 1.35. The molecule has 2 aromatic carbocycles. The molecule has 0 saturated carbocycles. The van der Waals surface area contributed by atoms with Crippen LogP contribution >= 0.6 is 11.8 Å². The number of halogens is 1. The van der Waals surface area contributed by atoms with Crippen molar-refractivity contribution in [2.24, 2.45) is 13.0 Å². The van der Waals surface area contributed by atoms with Crippen LogP contribution in [0.2, 0.25) is 0 Å². The smallest absolute Gasteiger partial charge is 0.269 e. The minimum absolute atomic E-state index is 0.0199. The van der Waals surface area contributed by atoms with Crippen LogP contribution in [-0.4, -0.2) is 37.3 Å². The van der Waals surface area contributed by atoms with Gasteiger partial charge in [-0.15, -0.1) is 10.2 Å². The molecule has 35 heavy (non-hydrogen) atoms. The molecule has 0 fully saturated rings. The third kappa shape index (κ3) is 6.41. The number of carbonyl (C=O) groups is 2. The van der Waals surface area contributed by atoms with Gasteiger partial charge in [-0.05, 0) is 48.7 Å². The van der Waals surface area contributed by atoms with Gasteiger partial charge in [0.15, 0.2) is 11.0 Å². The second kappa shape index (κ2) is 11.1. The van der Waals surface area contributed by atoms with Crippen molar-refractivity contribution in [3.05, 3.63) is 75.3 Å². The molecule has 1 unspecified atom stereocenters. The summed E-state index contributed by atoms with van der Waals surface area (Å²) in [5, 5.41) is 25.4. The molecule has 0 bridgehead atoms. The van der Waals surface area contributed by atoms with E-state index in [0.717, 1.165) is 0 Å². The summed E-state index contributed by atoms with van der Waals surface area (Å²) in [6.07, 6.45) is 0. The van der Waals surface area contributed by atoms with Crippen LogP contribution in [0.5, 0.6) is 0 Å². The lowest BCUT2D eigenvalue weighted by atomic mass is 10.0. The summed E-state index contributed by atoms with van der Waals surface area (Å²) >= 11 is 1.17. The Hall–Kier alpha value is -3.80. The number of anilines is 1. The van der Waals surface area contributed by atoms with Gasteiger partial charge in [0.05, 0.1) is 16.7 Å². The molecule has 3 rings (SSSR count). The molecule has 0 aliphatic rings. The third-order valence-corrected chi connectivity index (χ3v) is 6.25. The molecule has 1 heterocycles. The van der Waals surface area contributed by atoms with Crippen molar-refractivity contribution in [1.29, 1.82) is 0 Å². The lowest BCUT2D eigenvalue weighted by Gasteiger charge is -2.21. The van der Waals surface area contributed by atoms with Crippen LogP contribution < -0.4 is 10.6 Å². The number of nitrogens with one attached hydrogen (secondary N) is 2. The number of thioether (sulfide) groups is 1. The first kappa shape index (κ1) is 25.8. The maximum absolute atomic E-state index is 13.2. The van der Waals surface area contributed by atoms with Gasteiger partial charge in [0.25, 0.3) is 11.6 Å². The second-order valence-electron chi connectivity index (χ2n) is 8.20. The first-order valence-electron chi connectivity index (χ1n) is 10.7. The van der Waals surface area contributed by atoms with Crippen LogP contribution in [0.3, 0.4) is 0 Å². The Kier molecular flexibility index (Phi) is 8.18. The number of nitrogens with zero attached hydrogens (tertiary/aromatic N) is 4. The van der Waals surface area contributed by atoms with E-state index < -0.39 is 16.8 Å². The fourth-order valence-corrected chi connectivity index (χ4v) is 4.01. The minimum Gasteiger partial charge on any atom is -0.342 e. The van der Waals surface area contributed by atoms with Crippen LogP contribution in [-0.2, 0) is 11.8 Å². The van der Waals surface area contributed by atoms with Crippen molar-refractivity contribution in [3.8, 4) is 0 Å².